The summed E-state index contributed by atoms with van der Waals surface area (Å²) in [5.41, 5.74) is 4.23. The van der Waals surface area contributed by atoms with Crippen molar-refractivity contribution in [1.82, 2.24) is 4.90 Å². The van der Waals surface area contributed by atoms with Gasteiger partial charge in [0.2, 0.25) is 0 Å². The monoisotopic (exact) mass is 245 g/mol. The molecule has 0 aromatic heterocycles. The zero-order valence-corrected chi connectivity index (χ0v) is 11.3. The Hall–Kier alpha value is -1.22. The van der Waals surface area contributed by atoms with Crippen LogP contribution in [0.15, 0.2) is 18.2 Å². The van der Waals surface area contributed by atoms with E-state index in [1.165, 1.54) is 49.4 Å². The molecule has 1 saturated heterocycles. The third-order valence-electron chi connectivity index (χ3n) is 4.22. The molecule has 98 valence electrons. The Morgan fingerprint density at radius 3 is 2.78 bits per heavy atom. The van der Waals surface area contributed by atoms with Gasteiger partial charge in [-0.3, -0.25) is 0 Å². The molecule has 2 heterocycles. The van der Waals surface area contributed by atoms with Crippen molar-refractivity contribution in [3.63, 3.8) is 0 Å². The van der Waals surface area contributed by atoms with Gasteiger partial charge in [0.25, 0.3) is 0 Å². The first-order valence-electron chi connectivity index (χ1n) is 7.21. The molecule has 0 amide bonds. The normalized spacial score (nSPS) is 20.4. The highest BCUT2D eigenvalue weighted by Gasteiger charge is 2.17. The summed E-state index contributed by atoms with van der Waals surface area (Å²) >= 11 is 0. The summed E-state index contributed by atoms with van der Waals surface area (Å²) in [6.45, 7) is 9.26. The number of nitrogens with zero attached hydrogens (tertiary/aromatic N) is 2. The SMILES string of the molecule is CCN1CCN(c2ccc3c(c2)NCCC3)CC1. The summed E-state index contributed by atoms with van der Waals surface area (Å²) < 4.78 is 0. The first kappa shape index (κ1) is 11.8. The molecular formula is C15H23N3. The van der Waals surface area contributed by atoms with E-state index in [-0.39, 0.29) is 0 Å². The van der Waals surface area contributed by atoms with Crippen LogP contribution in [0.2, 0.25) is 0 Å². The second kappa shape index (κ2) is 5.19. The molecule has 0 atom stereocenters. The molecule has 0 saturated carbocycles. The molecule has 0 radical (unpaired) electrons. The summed E-state index contributed by atoms with van der Waals surface area (Å²) in [6.07, 6.45) is 2.49. The number of benzene rings is 1. The number of piperazine rings is 1. The van der Waals surface area contributed by atoms with E-state index >= 15 is 0 Å². The van der Waals surface area contributed by atoms with Crippen LogP contribution < -0.4 is 10.2 Å². The number of hydrogen-bond acceptors (Lipinski definition) is 3. The van der Waals surface area contributed by atoms with Gasteiger partial charge in [-0.1, -0.05) is 13.0 Å². The number of anilines is 2. The van der Waals surface area contributed by atoms with Gasteiger partial charge in [-0.25, -0.2) is 0 Å². The van der Waals surface area contributed by atoms with Crippen molar-refractivity contribution in [2.75, 3.05) is 49.5 Å². The van der Waals surface area contributed by atoms with Crippen LogP contribution in [-0.4, -0.2) is 44.2 Å². The van der Waals surface area contributed by atoms with E-state index in [1.807, 2.05) is 0 Å². The molecule has 2 aliphatic heterocycles. The molecule has 2 aliphatic rings. The minimum atomic E-state index is 1.13. The smallest absolute Gasteiger partial charge is 0.0393 e. The van der Waals surface area contributed by atoms with Gasteiger partial charge in [0.05, 0.1) is 0 Å². The summed E-state index contributed by atoms with van der Waals surface area (Å²) in [5.74, 6) is 0. The first-order valence-corrected chi connectivity index (χ1v) is 7.21. The topological polar surface area (TPSA) is 18.5 Å². The number of likely N-dealkylation sites (N-methyl/N-ethyl adjacent to an activating group) is 1. The molecule has 3 rings (SSSR count). The molecule has 3 nitrogen and oxygen atoms in total. The van der Waals surface area contributed by atoms with E-state index in [2.05, 4.69) is 40.2 Å². The van der Waals surface area contributed by atoms with E-state index in [0.717, 1.165) is 19.6 Å². The van der Waals surface area contributed by atoms with Crippen LogP contribution >= 0.6 is 0 Å². The molecule has 1 fully saturated rings. The van der Waals surface area contributed by atoms with E-state index in [1.54, 1.807) is 0 Å². The molecule has 0 spiro atoms. The zero-order valence-electron chi connectivity index (χ0n) is 11.3. The fourth-order valence-corrected chi connectivity index (χ4v) is 2.97. The van der Waals surface area contributed by atoms with E-state index in [4.69, 9.17) is 0 Å². The highest BCUT2D eigenvalue weighted by molar-refractivity contribution is 5.63. The maximum absolute atomic E-state index is 3.52. The van der Waals surface area contributed by atoms with Crippen LogP contribution in [0.3, 0.4) is 0 Å². The van der Waals surface area contributed by atoms with Crippen LogP contribution in [0.25, 0.3) is 0 Å². The first-order chi connectivity index (χ1) is 8.86. The quantitative estimate of drug-likeness (QED) is 0.861. The van der Waals surface area contributed by atoms with Crippen molar-refractivity contribution in [1.29, 1.82) is 0 Å². The largest absolute Gasteiger partial charge is 0.385 e. The summed E-state index contributed by atoms with van der Waals surface area (Å²) in [5, 5.41) is 3.52. The Balaban J connectivity index is 1.73. The molecule has 1 N–H and O–H groups in total. The van der Waals surface area contributed by atoms with Crippen molar-refractivity contribution in [2.45, 2.75) is 19.8 Å². The lowest BCUT2D eigenvalue weighted by atomic mass is 10.0. The third kappa shape index (κ3) is 2.32. The molecule has 1 aromatic carbocycles. The molecule has 18 heavy (non-hydrogen) atoms. The van der Waals surface area contributed by atoms with Crippen LogP contribution in [0, 0.1) is 0 Å². The van der Waals surface area contributed by atoms with Gasteiger partial charge >= 0.3 is 0 Å². The average Bonchev–Trinajstić information content (AvgIpc) is 2.47. The number of aryl methyl sites for hydroxylation is 1. The minimum absolute atomic E-state index is 1.13. The Morgan fingerprint density at radius 2 is 2.00 bits per heavy atom. The Bertz CT molecular complexity index is 408. The van der Waals surface area contributed by atoms with E-state index in [0.29, 0.717) is 0 Å². The van der Waals surface area contributed by atoms with Gasteiger partial charge in [0.1, 0.15) is 0 Å². The predicted octanol–water partition coefficient (Wildman–Crippen LogP) is 2.19. The number of rotatable bonds is 2. The van der Waals surface area contributed by atoms with Gasteiger partial charge in [-0.2, -0.15) is 0 Å². The van der Waals surface area contributed by atoms with Gasteiger partial charge in [-0.15, -0.1) is 0 Å². The minimum Gasteiger partial charge on any atom is -0.385 e. The van der Waals surface area contributed by atoms with E-state index in [9.17, 15) is 0 Å². The molecule has 1 aromatic rings. The lowest BCUT2D eigenvalue weighted by Crippen LogP contribution is -2.46. The Kier molecular flexibility index (Phi) is 3.41. The molecular weight excluding hydrogens is 222 g/mol. The van der Waals surface area contributed by atoms with Crippen LogP contribution in [0.5, 0.6) is 0 Å². The van der Waals surface area contributed by atoms with Gasteiger partial charge in [0.15, 0.2) is 0 Å². The lowest BCUT2D eigenvalue weighted by molar-refractivity contribution is 0.271. The second-order valence-electron chi connectivity index (χ2n) is 5.29. The maximum atomic E-state index is 3.52. The number of hydrogen-bond donors (Lipinski definition) is 1. The standard InChI is InChI=1S/C15H23N3/c1-2-17-8-10-18(11-9-17)14-6-5-13-4-3-7-16-15(13)12-14/h5-6,12,16H,2-4,7-11H2,1H3. The van der Waals surface area contributed by atoms with Gasteiger partial charge in [0, 0.05) is 44.1 Å². The molecule has 3 heteroatoms. The van der Waals surface area contributed by atoms with Crippen LogP contribution in [0.4, 0.5) is 11.4 Å². The fourth-order valence-electron chi connectivity index (χ4n) is 2.97. The summed E-state index contributed by atoms with van der Waals surface area (Å²) in [4.78, 5) is 5.04. The van der Waals surface area contributed by atoms with Crippen LogP contribution in [0.1, 0.15) is 18.9 Å². The lowest BCUT2D eigenvalue weighted by Gasteiger charge is -2.36. The number of nitrogens with one attached hydrogen (secondary N) is 1. The zero-order chi connectivity index (χ0) is 12.4. The second-order valence-corrected chi connectivity index (χ2v) is 5.29. The Labute approximate surface area is 110 Å². The predicted molar refractivity (Wildman–Crippen MR) is 77.6 cm³/mol. The van der Waals surface area contributed by atoms with Crippen molar-refractivity contribution in [3.8, 4) is 0 Å². The highest BCUT2D eigenvalue weighted by atomic mass is 15.3. The molecule has 0 unspecified atom stereocenters. The van der Waals surface area contributed by atoms with Crippen molar-refractivity contribution < 1.29 is 0 Å². The van der Waals surface area contributed by atoms with Crippen molar-refractivity contribution >= 4 is 11.4 Å². The highest BCUT2D eigenvalue weighted by Crippen LogP contribution is 2.27. The fraction of sp³-hybridized carbons (Fsp3) is 0.600. The Morgan fingerprint density at radius 1 is 1.17 bits per heavy atom. The van der Waals surface area contributed by atoms with Crippen LogP contribution in [-0.2, 0) is 6.42 Å². The van der Waals surface area contributed by atoms with Gasteiger partial charge in [-0.05, 0) is 37.1 Å². The van der Waals surface area contributed by atoms with Crippen molar-refractivity contribution in [3.05, 3.63) is 23.8 Å². The maximum Gasteiger partial charge on any atom is 0.0393 e. The van der Waals surface area contributed by atoms with Gasteiger partial charge < -0.3 is 15.1 Å². The molecule has 0 bridgehead atoms. The van der Waals surface area contributed by atoms with E-state index < -0.39 is 0 Å². The third-order valence-corrected chi connectivity index (χ3v) is 4.22. The average molecular weight is 245 g/mol. The number of fused-ring (bicyclic) bond motifs is 1. The van der Waals surface area contributed by atoms with Crippen molar-refractivity contribution in [2.24, 2.45) is 0 Å². The molecule has 0 aliphatic carbocycles. The summed E-state index contributed by atoms with van der Waals surface area (Å²) in [7, 11) is 0. The summed E-state index contributed by atoms with van der Waals surface area (Å²) in [6, 6.07) is 6.95.